The fraction of sp³-hybridized carbons (Fsp3) is 0.600. The molecule has 0 radical (unpaired) electrons. The van der Waals surface area contributed by atoms with Gasteiger partial charge in [-0.05, 0) is 43.1 Å². The molecular formula is C15H22N2O3. The van der Waals surface area contributed by atoms with Crippen molar-refractivity contribution in [1.29, 1.82) is 0 Å². The Morgan fingerprint density at radius 2 is 2.00 bits per heavy atom. The molecule has 1 fully saturated rings. The number of ether oxygens (including phenoxy) is 3. The van der Waals surface area contributed by atoms with E-state index in [0.29, 0.717) is 6.54 Å². The molecule has 0 bridgehead atoms. The van der Waals surface area contributed by atoms with E-state index in [-0.39, 0.29) is 12.4 Å². The summed E-state index contributed by atoms with van der Waals surface area (Å²) in [6.45, 7) is 5.51. The predicted octanol–water partition coefficient (Wildman–Crippen LogP) is 1.05. The summed E-state index contributed by atoms with van der Waals surface area (Å²) in [5, 5.41) is 6.67. The number of hydrogen-bond acceptors (Lipinski definition) is 5. The third kappa shape index (κ3) is 2.90. The van der Waals surface area contributed by atoms with Gasteiger partial charge in [-0.2, -0.15) is 0 Å². The van der Waals surface area contributed by atoms with Crippen molar-refractivity contribution in [2.24, 2.45) is 0 Å². The molecule has 1 aromatic rings. The van der Waals surface area contributed by atoms with Crippen molar-refractivity contribution in [3.8, 4) is 11.5 Å². The van der Waals surface area contributed by atoms with Crippen molar-refractivity contribution in [3.05, 3.63) is 23.3 Å². The van der Waals surface area contributed by atoms with Gasteiger partial charge < -0.3 is 24.8 Å². The lowest BCUT2D eigenvalue weighted by Crippen LogP contribution is -2.46. The van der Waals surface area contributed by atoms with Crippen LogP contribution in [0.1, 0.15) is 18.1 Å². The van der Waals surface area contributed by atoms with Crippen LogP contribution in [0.25, 0.3) is 0 Å². The summed E-state index contributed by atoms with van der Waals surface area (Å²) in [6, 6.07) is 4.16. The standard InChI is InChI=1S/C15H22N2O3/c1-10-7-17-9-15(19-10)20-14-5-11-3-4-16-8-12(11)6-13(14)18-2/h5-6,10,15-17H,3-4,7-9H2,1-2H3. The van der Waals surface area contributed by atoms with Crippen LogP contribution >= 0.6 is 0 Å². The summed E-state index contributed by atoms with van der Waals surface area (Å²) in [5.41, 5.74) is 2.62. The molecule has 2 aliphatic heterocycles. The Kier molecular flexibility index (Phi) is 4.10. The Morgan fingerprint density at radius 1 is 1.15 bits per heavy atom. The van der Waals surface area contributed by atoms with Crippen LogP contribution in [0, 0.1) is 0 Å². The van der Waals surface area contributed by atoms with E-state index in [0.717, 1.165) is 37.6 Å². The molecule has 2 heterocycles. The van der Waals surface area contributed by atoms with Crippen molar-refractivity contribution in [3.63, 3.8) is 0 Å². The van der Waals surface area contributed by atoms with Gasteiger partial charge in [0.1, 0.15) is 0 Å². The Hall–Kier alpha value is -1.30. The summed E-state index contributed by atoms with van der Waals surface area (Å²) in [6.07, 6.45) is 0.935. The predicted molar refractivity (Wildman–Crippen MR) is 76.2 cm³/mol. The van der Waals surface area contributed by atoms with Crippen LogP contribution in [-0.2, 0) is 17.7 Å². The second-order valence-corrected chi connectivity index (χ2v) is 5.35. The Balaban J connectivity index is 1.80. The monoisotopic (exact) mass is 278 g/mol. The quantitative estimate of drug-likeness (QED) is 0.866. The SMILES string of the molecule is COc1cc2c(cc1OC1CNCC(C)O1)CCNC2. The first-order valence-corrected chi connectivity index (χ1v) is 7.19. The van der Waals surface area contributed by atoms with E-state index in [4.69, 9.17) is 14.2 Å². The number of nitrogens with one attached hydrogen (secondary N) is 2. The van der Waals surface area contributed by atoms with Crippen LogP contribution < -0.4 is 20.1 Å². The van der Waals surface area contributed by atoms with Crippen molar-refractivity contribution in [2.45, 2.75) is 32.3 Å². The van der Waals surface area contributed by atoms with Crippen LogP contribution in [-0.4, -0.2) is 39.1 Å². The normalized spacial score (nSPS) is 25.9. The summed E-state index contributed by atoms with van der Waals surface area (Å²) >= 11 is 0. The van der Waals surface area contributed by atoms with E-state index in [9.17, 15) is 0 Å². The fourth-order valence-electron chi connectivity index (χ4n) is 2.71. The molecule has 2 unspecified atom stereocenters. The minimum Gasteiger partial charge on any atom is -0.493 e. The van der Waals surface area contributed by atoms with E-state index in [1.54, 1.807) is 7.11 Å². The first-order valence-electron chi connectivity index (χ1n) is 7.19. The van der Waals surface area contributed by atoms with Gasteiger partial charge in [0.15, 0.2) is 11.5 Å². The fourth-order valence-corrected chi connectivity index (χ4v) is 2.71. The highest BCUT2D eigenvalue weighted by molar-refractivity contribution is 5.48. The average molecular weight is 278 g/mol. The topological polar surface area (TPSA) is 51.8 Å². The maximum absolute atomic E-state index is 5.98. The Labute approximate surface area is 119 Å². The lowest BCUT2D eigenvalue weighted by Gasteiger charge is -2.30. The van der Waals surface area contributed by atoms with E-state index in [1.165, 1.54) is 11.1 Å². The van der Waals surface area contributed by atoms with Gasteiger partial charge in [0.25, 0.3) is 0 Å². The van der Waals surface area contributed by atoms with Gasteiger partial charge in [0, 0.05) is 13.1 Å². The van der Waals surface area contributed by atoms with E-state index < -0.39 is 0 Å². The summed E-state index contributed by atoms with van der Waals surface area (Å²) in [5.74, 6) is 1.54. The van der Waals surface area contributed by atoms with E-state index in [1.807, 2.05) is 6.92 Å². The lowest BCUT2D eigenvalue weighted by atomic mass is 10.0. The highest BCUT2D eigenvalue weighted by Crippen LogP contribution is 2.33. The molecule has 0 saturated carbocycles. The zero-order valence-corrected chi connectivity index (χ0v) is 12.1. The zero-order valence-electron chi connectivity index (χ0n) is 12.1. The summed E-state index contributed by atoms with van der Waals surface area (Å²) in [4.78, 5) is 0. The summed E-state index contributed by atoms with van der Waals surface area (Å²) in [7, 11) is 1.67. The molecule has 0 aromatic heterocycles. The largest absolute Gasteiger partial charge is 0.493 e. The van der Waals surface area contributed by atoms with Gasteiger partial charge in [-0.15, -0.1) is 0 Å². The van der Waals surface area contributed by atoms with Gasteiger partial charge in [-0.25, -0.2) is 0 Å². The molecule has 5 nitrogen and oxygen atoms in total. The molecule has 2 N–H and O–H groups in total. The van der Waals surface area contributed by atoms with Gasteiger partial charge in [0.05, 0.1) is 19.8 Å². The molecule has 2 atom stereocenters. The molecule has 5 heteroatoms. The minimum absolute atomic E-state index is 0.168. The third-order valence-electron chi connectivity index (χ3n) is 3.76. The summed E-state index contributed by atoms with van der Waals surface area (Å²) < 4.78 is 17.2. The smallest absolute Gasteiger partial charge is 0.212 e. The van der Waals surface area contributed by atoms with Gasteiger partial charge >= 0.3 is 0 Å². The first kappa shape index (κ1) is 13.7. The number of benzene rings is 1. The minimum atomic E-state index is -0.257. The maximum atomic E-state index is 5.98. The van der Waals surface area contributed by atoms with Crippen molar-refractivity contribution < 1.29 is 14.2 Å². The highest BCUT2D eigenvalue weighted by Gasteiger charge is 2.22. The number of methoxy groups -OCH3 is 1. The molecule has 110 valence electrons. The zero-order chi connectivity index (χ0) is 13.9. The first-order chi connectivity index (χ1) is 9.76. The van der Waals surface area contributed by atoms with E-state index >= 15 is 0 Å². The van der Waals surface area contributed by atoms with Crippen LogP contribution in [0.15, 0.2) is 12.1 Å². The Bertz CT molecular complexity index is 478. The third-order valence-corrected chi connectivity index (χ3v) is 3.76. The molecule has 0 spiro atoms. The molecule has 2 aliphatic rings. The van der Waals surface area contributed by atoms with Crippen LogP contribution in [0.5, 0.6) is 11.5 Å². The number of morpholine rings is 1. The van der Waals surface area contributed by atoms with Crippen LogP contribution in [0.2, 0.25) is 0 Å². The second kappa shape index (κ2) is 5.99. The van der Waals surface area contributed by atoms with Crippen molar-refractivity contribution in [2.75, 3.05) is 26.7 Å². The molecule has 1 aromatic carbocycles. The molecular weight excluding hydrogens is 256 g/mol. The van der Waals surface area contributed by atoms with Crippen molar-refractivity contribution >= 4 is 0 Å². The molecule has 0 aliphatic carbocycles. The molecule has 3 rings (SSSR count). The Morgan fingerprint density at radius 3 is 2.80 bits per heavy atom. The number of hydrogen-bond donors (Lipinski definition) is 2. The van der Waals surface area contributed by atoms with E-state index in [2.05, 4.69) is 22.8 Å². The average Bonchev–Trinajstić information content (AvgIpc) is 2.46. The molecule has 0 amide bonds. The number of fused-ring (bicyclic) bond motifs is 1. The van der Waals surface area contributed by atoms with Gasteiger partial charge in [0.2, 0.25) is 6.29 Å². The highest BCUT2D eigenvalue weighted by atomic mass is 16.7. The lowest BCUT2D eigenvalue weighted by molar-refractivity contribution is -0.130. The molecule has 1 saturated heterocycles. The van der Waals surface area contributed by atoms with Gasteiger partial charge in [-0.1, -0.05) is 0 Å². The van der Waals surface area contributed by atoms with Crippen LogP contribution in [0.4, 0.5) is 0 Å². The van der Waals surface area contributed by atoms with Crippen LogP contribution in [0.3, 0.4) is 0 Å². The van der Waals surface area contributed by atoms with Gasteiger partial charge in [-0.3, -0.25) is 0 Å². The molecule has 20 heavy (non-hydrogen) atoms. The second-order valence-electron chi connectivity index (χ2n) is 5.35. The van der Waals surface area contributed by atoms with Crippen molar-refractivity contribution in [1.82, 2.24) is 10.6 Å². The maximum Gasteiger partial charge on any atom is 0.212 e. The number of rotatable bonds is 3.